The number of rotatable bonds is 10. The number of ketones is 1. The zero-order valence-corrected chi connectivity index (χ0v) is 32.5. The van der Waals surface area contributed by atoms with Crippen molar-refractivity contribution >= 4 is 70.7 Å². The van der Waals surface area contributed by atoms with Crippen LogP contribution < -0.4 is 25.7 Å². The Morgan fingerprint density at radius 3 is 2.35 bits per heavy atom. The minimum Gasteiger partial charge on any atom is -0.664 e. The number of allylic oxidation sites excluding steroid dienone is 2. The number of ether oxygens (including phenoxy) is 2. The fourth-order valence-electron chi connectivity index (χ4n) is 7.57. The van der Waals surface area contributed by atoms with Crippen LogP contribution in [0, 0.1) is 44.4 Å². The fourth-order valence-corrected chi connectivity index (χ4v) is 7.57. The van der Waals surface area contributed by atoms with Crippen molar-refractivity contribution in [3.8, 4) is 0 Å². The number of hydrogen-bond donors (Lipinski definition) is 0. The molecular formula is C41H46MgN4O5-2. The van der Waals surface area contributed by atoms with Gasteiger partial charge in [-0.3, -0.25) is 14.4 Å². The first-order valence-electron chi connectivity index (χ1n) is 17.7. The molecule has 1 aliphatic carbocycles. The van der Waals surface area contributed by atoms with E-state index in [4.69, 9.17) is 29.7 Å². The van der Waals surface area contributed by atoms with Gasteiger partial charge in [0.15, 0.2) is 5.78 Å². The third-order valence-electron chi connectivity index (χ3n) is 11.0. The van der Waals surface area contributed by atoms with E-state index in [1.54, 1.807) is 0 Å². The Kier molecular flexibility index (Phi) is 11.5. The third-order valence-corrected chi connectivity index (χ3v) is 11.0. The summed E-state index contributed by atoms with van der Waals surface area (Å²) >= 11 is 0. The van der Waals surface area contributed by atoms with E-state index in [1.165, 1.54) is 7.11 Å². The minimum absolute atomic E-state index is 0. The van der Waals surface area contributed by atoms with Crippen LogP contribution in [0.2, 0.25) is 0 Å². The van der Waals surface area contributed by atoms with Crippen LogP contribution in [-0.2, 0) is 25.5 Å². The van der Waals surface area contributed by atoms with E-state index >= 15 is 0 Å². The van der Waals surface area contributed by atoms with Gasteiger partial charge in [-0.2, -0.15) is 11.4 Å². The van der Waals surface area contributed by atoms with Crippen LogP contribution in [0.15, 0.2) is 18.0 Å². The summed E-state index contributed by atoms with van der Waals surface area (Å²) in [6.07, 6.45) is 10.9. The quantitative estimate of drug-likeness (QED) is 0.156. The summed E-state index contributed by atoms with van der Waals surface area (Å²) in [4.78, 5) is 55.7. The molecule has 4 atom stereocenters. The van der Waals surface area contributed by atoms with E-state index in [1.807, 2.05) is 38.2 Å². The predicted octanol–water partition coefficient (Wildman–Crippen LogP) is 5.42. The van der Waals surface area contributed by atoms with Gasteiger partial charge in [-0.15, -0.1) is 33.5 Å². The number of Topliss-reactive ketones (excluding diaryl/α,β-unsaturated/α-hetero) is 1. The van der Waals surface area contributed by atoms with Crippen LogP contribution in [0.1, 0.15) is 114 Å². The molecule has 1 unspecified atom stereocenters. The summed E-state index contributed by atoms with van der Waals surface area (Å²) in [7, 11) is 1.29. The maximum atomic E-state index is 14.2. The number of esters is 2. The molecule has 6 rings (SSSR count). The predicted molar refractivity (Wildman–Crippen MR) is 200 cm³/mol. The molecule has 0 aromatic carbocycles. The number of nitrogens with zero attached hydrogens (tertiary/aromatic N) is 4. The number of hydrogen-bond acceptors (Lipinski definition) is 5. The van der Waals surface area contributed by atoms with Crippen molar-refractivity contribution in [1.29, 1.82) is 0 Å². The SMILES string of the molecule is C=Cc1c2[n-]c(c1C)/C=C1\[N-]/C(=C3\c4[n-]c(c(C)c4C(=O)[C@@H]3C(=O)OC)/C=c3\[n-]/c(c(C)c3CC)=C\2)[C@@H](CCC(=O)OCCC(C)CC)[C@@H]1C.[Mg+2]. The number of methoxy groups -OCH3 is 1. The smallest absolute Gasteiger partial charge is 0.664 e. The minimum atomic E-state index is -1.20. The third kappa shape index (κ3) is 6.73. The Balaban J connectivity index is 0.00000504. The van der Waals surface area contributed by atoms with Crippen LogP contribution in [0.4, 0.5) is 0 Å². The Morgan fingerprint density at radius 1 is 0.980 bits per heavy atom. The van der Waals surface area contributed by atoms with Crippen LogP contribution >= 0.6 is 0 Å². The van der Waals surface area contributed by atoms with E-state index < -0.39 is 11.9 Å². The molecule has 5 heterocycles. The van der Waals surface area contributed by atoms with Gasteiger partial charge in [-0.1, -0.05) is 92.8 Å². The number of fused-ring (bicyclic) bond motifs is 7. The summed E-state index contributed by atoms with van der Waals surface area (Å²) < 4.78 is 10.8. The van der Waals surface area contributed by atoms with Gasteiger partial charge in [0, 0.05) is 12.0 Å². The summed E-state index contributed by atoms with van der Waals surface area (Å²) in [5.41, 5.74) is 9.48. The number of aromatic nitrogens is 3. The van der Waals surface area contributed by atoms with Crippen molar-refractivity contribution in [3.63, 3.8) is 0 Å². The summed E-state index contributed by atoms with van der Waals surface area (Å²) in [5.74, 6) is -2.48. The monoisotopic (exact) mass is 698 g/mol. The molecule has 51 heavy (non-hydrogen) atoms. The normalized spacial score (nSPS) is 23.2. The number of carbonyl (C=O) groups is 3. The Labute approximate surface area is 316 Å². The second-order valence-electron chi connectivity index (χ2n) is 13.9. The van der Waals surface area contributed by atoms with Gasteiger partial charge in [0.1, 0.15) is 5.92 Å². The molecule has 9 nitrogen and oxygen atoms in total. The standard InChI is InChI=1S/C41H47N4O5.Mg/c1-10-20(4)15-16-50-34(46)14-13-27-23(7)30-17-28-21(5)25(11-2)32(42-28)18-29-22(6)26(12-3)33(43-29)19-31-24(8)35-39(45-31)36(38(27)44-30)37(40(35)47)41(48)49-9;/h11,17-20,23,27,37H,2,10,12-16H2,1,3-9H3,(H-,44,45,47);/q-3;+2/p-1/b29-18-,30-17-,33-19-;/t20?,23-,27-,37+;/m0./s1. The van der Waals surface area contributed by atoms with Gasteiger partial charge in [0.25, 0.3) is 0 Å². The van der Waals surface area contributed by atoms with Crippen molar-refractivity contribution in [3.05, 3.63) is 90.1 Å². The summed E-state index contributed by atoms with van der Waals surface area (Å²) in [5, 5.41) is 6.78. The van der Waals surface area contributed by atoms with E-state index in [9.17, 15) is 14.4 Å². The van der Waals surface area contributed by atoms with E-state index in [-0.39, 0.29) is 53.1 Å². The molecule has 264 valence electrons. The fraction of sp³-hybridized carbons (Fsp3) is 0.439. The van der Waals surface area contributed by atoms with Gasteiger partial charge in [-0.05, 0) is 63.4 Å². The van der Waals surface area contributed by atoms with Crippen molar-refractivity contribution < 1.29 is 23.9 Å². The van der Waals surface area contributed by atoms with Crippen LogP contribution in [-0.4, -0.2) is 54.5 Å². The van der Waals surface area contributed by atoms with Gasteiger partial charge in [0.2, 0.25) is 0 Å². The first kappa shape index (κ1) is 38.2. The summed E-state index contributed by atoms with van der Waals surface area (Å²) in [6.45, 7) is 18.8. The molecule has 3 aromatic rings. The number of carbonyl (C=O) groups excluding carboxylic acids is 3. The molecular weight excluding hydrogens is 653 g/mol. The molecule has 1 saturated heterocycles. The van der Waals surface area contributed by atoms with Gasteiger partial charge in [0.05, 0.1) is 13.7 Å². The second-order valence-corrected chi connectivity index (χ2v) is 13.9. The Bertz CT molecular complexity index is 2090. The van der Waals surface area contributed by atoms with Gasteiger partial charge in [-0.25, -0.2) is 0 Å². The van der Waals surface area contributed by atoms with Crippen LogP contribution in [0.5, 0.6) is 0 Å². The summed E-state index contributed by atoms with van der Waals surface area (Å²) in [6, 6.07) is 0. The molecule has 2 aliphatic heterocycles. The molecule has 0 spiro atoms. The Hall–Kier alpha value is -4.02. The molecule has 0 saturated carbocycles. The molecule has 0 radical (unpaired) electrons. The molecule has 3 aromatic heterocycles. The first-order valence-corrected chi connectivity index (χ1v) is 17.7. The Morgan fingerprint density at radius 2 is 1.69 bits per heavy atom. The molecule has 0 amide bonds. The maximum Gasteiger partial charge on any atom is 2.00 e. The maximum absolute atomic E-state index is 14.2. The van der Waals surface area contributed by atoms with Crippen molar-refractivity contribution in [2.24, 2.45) is 23.7 Å². The van der Waals surface area contributed by atoms with E-state index in [0.717, 1.165) is 69.3 Å². The van der Waals surface area contributed by atoms with Crippen LogP contribution in [0.25, 0.3) is 35.2 Å². The zero-order valence-electron chi connectivity index (χ0n) is 31.1. The zero-order chi connectivity index (χ0) is 36.0. The molecule has 10 heteroatoms. The second kappa shape index (κ2) is 15.3. The average Bonchev–Trinajstić information content (AvgIpc) is 3.84. The molecule has 3 aliphatic rings. The molecule has 8 bridgehead atoms. The molecule has 1 fully saturated rings. The van der Waals surface area contributed by atoms with Crippen molar-refractivity contribution in [1.82, 2.24) is 15.0 Å². The first-order chi connectivity index (χ1) is 23.9. The average molecular weight is 699 g/mol. The topological polar surface area (TPSA) is 126 Å². The van der Waals surface area contributed by atoms with Gasteiger partial charge >= 0.3 is 35.0 Å². The van der Waals surface area contributed by atoms with Crippen molar-refractivity contribution in [2.45, 2.75) is 80.6 Å². The van der Waals surface area contributed by atoms with E-state index in [2.05, 4.69) is 41.2 Å². The van der Waals surface area contributed by atoms with Gasteiger partial charge < -0.3 is 29.7 Å². The largest absolute Gasteiger partial charge is 2.00 e. The van der Waals surface area contributed by atoms with Crippen LogP contribution in [0.3, 0.4) is 0 Å². The van der Waals surface area contributed by atoms with E-state index in [0.29, 0.717) is 52.7 Å². The molecule has 0 N–H and O–H groups in total. The van der Waals surface area contributed by atoms with Crippen molar-refractivity contribution in [2.75, 3.05) is 13.7 Å².